The van der Waals surface area contributed by atoms with E-state index in [4.69, 9.17) is 4.74 Å². The fraction of sp³-hybridized carbons (Fsp3) is 0.818. The molecule has 0 bridgehead atoms. The van der Waals surface area contributed by atoms with Crippen molar-refractivity contribution in [1.82, 2.24) is 4.90 Å². The number of halogens is 1. The molecule has 2 aliphatic rings. The lowest BCUT2D eigenvalue weighted by atomic mass is 9.67. The van der Waals surface area contributed by atoms with Crippen LogP contribution in [0, 0.1) is 5.41 Å². The number of hydrogen-bond donors (Lipinski definition) is 0. The summed E-state index contributed by atoms with van der Waals surface area (Å²) in [7, 11) is 1.96. The minimum atomic E-state index is -1.27. The highest BCUT2D eigenvalue weighted by atomic mass is 19.1. The summed E-state index contributed by atoms with van der Waals surface area (Å²) in [5.41, 5.74) is -1.56. The molecular weight excluding hydrogens is 181 g/mol. The molecule has 2 saturated heterocycles. The summed E-state index contributed by atoms with van der Waals surface area (Å²) in [6, 6.07) is 0. The van der Waals surface area contributed by atoms with Crippen LogP contribution in [0.1, 0.15) is 12.8 Å². The molecule has 0 N–H and O–H groups in total. The number of hydrogen-bond acceptors (Lipinski definition) is 2. The van der Waals surface area contributed by atoms with Crippen molar-refractivity contribution in [3.63, 3.8) is 0 Å². The third kappa shape index (κ3) is 1.30. The van der Waals surface area contributed by atoms with Gasteiger partial charge in [0.05, 0.1) is 6.61 Å². The fourth-order valence-electron chi connectivity index (χ4n) is 2.67. The van der Waals surface area contributed by atoms with Gasteiger partial charge in [-0.1, -0.05) is 12.7 Å². The van der Waals surface area contributed by atoms with Gasteiger partial charge in [0.2, 0.25) is 0 Å². The Morgan fingerprint density at radius 1 is 1.50 bits per heavy atom. The van der Waals surface area contributed by atoms with Crippen molar-refractivity contribution in [3.8, 4) is 0 Å². The first-order valence-corrected chi connectivity index (χ1v) is 5.21. The topological polar surface area (TPSA) is 12.5 Å². The van der Waals surface area contributed by atoms with Crippen molar-refractivity contribution in [3.05, 3.63) is 12.7 Å². The first kappa shape index (κ1) is 10.1. The largest absolute Gasteiger partial charge is 0.381 e. The molecule has 0 aromatic rings. The van der Waals surface area contributed by atoms with E-state index in [-0.39, 0.29) is 5.41 Å². The fourth-order valence-corrected chi connectivity index (χ4v) is 2.67. The second-order valence-corrected chi connectivity index (χ2v) is 4.64. The highest BCUT2D eigenvalue weighted by molar-refractivity contribution is 5.14. The smallest absolute Gasteiger partial charge is 0.149 e. The van der Waals surface area contributed by atoms with E-state index in [0.717, 1.165) is 19.4 Å². The number of nitrogens with zero attached hydrogens (tertiary/aromatic N) is 1. The van der Waals surface area contributed by atoms with Crippen LogP contribution in [0.2, 0.25) is 0 Å². The number of piperidine rings is 1. The van der Waals surface area contributed by atoms with Crippen LogP contribution < -0.4 is 0 Å². The summed E-state index contributed by atoms with van der Waals surface area (Å²) in [5, 5.41) is 0. The monoisotopic (exact) mass is 199 g/mol. The van der Waals surface area contributed by atoms with E-state index >= 15 is 0 Å². The quantitative estimate of drug-likeness (QED) is 0.595. The number of ether oxygens (including phenoxy) is 1. The van der Waals surface area contributed by atoms with Crippen LogP contribution in [0.3, 0.4) is 0 Å². The Morgan fingerprint density at radius 3 is 2.86 bits per heavy atom. The molecule has 2 rings (SSSR count). The van der Waals surface area contributed by atoms with Gasteiger partial charge in [-0.25, -0.2) is 4.39 Å². The molecule has 2 fully saturated rings. The van der Waals surface area contributed by atoms with Crippen molar-refractivity contribution in [2.75, 3.05) is 33.4 Å². The Bertz CT molecular complexity index is 237. The molecule has 2 aliphatic heterocycles. The van der Waals surface area contributed by atoms with E-state index in [1.165, 1.54) is 6.08 Å². The minimum Gasteiger partial charge on any atom is -0.381 e. The van der Waals surface area contributed by atoms with Crippen LogP contribution >= 0.6 is 0 Å². The average molecular weight is 199 g/mol. The molecule has 2 unspecified atom stereocenters. The molecule has 80 valence electrons. The van der Waals surface area contributed by atoms with Gasteiger partial charge in [0, 0.05) is 18.6 Å². The van der Waals surface area contributed by atoms with Gasteiger partial charge < -0.3 is 9.64 Å². The summed E-state index contributed by atoms with van der Waals surface area (Å²) in [6.45, 7) is 6.33. The molecule has 0 aromatic carbocycles. The first-order chi connectivity index (χ1) is 6.62. The Kier molecular flexibility index (Phi) is 2.40. The lowest BCUT2D eigenvalue weighted by Crippen LogP contribution is -2.56. The molecule has 0 aromatic heterocycles. The molecule has 1 spiro atoms. The molecule has 2 atom stereocenters. The summed E-state index contributed by atoms with van der Waals surface area (Å²) >= 11 is 0. The zero-order valence-corrected chi connectivity index (χ0v) is 8.76. The molecular formula is C11H18FNO. The van der Waals surface area contributed by atoms with Crippen LogP contribution in [0.25, 0.3) is 0 Å². The van der Waals surface area contributed by atoms with Crippen molar-refractivity contribution in [2.24, 2.45) is 5.41 Å². The van der Waals surface area contributed by atoms with Gasteiger partial charge >= 0.3 is 0 Å². The molecule has 0 saturated carbocycles. The van der Waals surface area contributed by atoms with Crippen LogP contribution in [0.15, 0.2) is 12.7 Å². The van der Waals surface area contributed by atoms with Crippen molar-refractivity contribution in [2.45, 2.75) is 18.5 Å². The third-order valence-electron chi connectivity index (χ3n) is 3.78. The molecule has 2 heterocycles. The number of rotatable bonds is 1. The van der Waals surface area contributed by atoms with Gasteiger partial charge in [-0.2, -0.15) is 0 Å². The van der Waals surface area contributed by atoms with Gasteiger partial charge in [0.1, 0.15) is 5.67 Å². The van der Waals surface area contributed by atoms with Crippen molar-refractivity contribution >= 4 is 0 Å². The molecule has 2 nitrogen and oxygen atoms in total. The summed E-state index contributed by atoms with van der Waals surface area (Å²) in [5.74, 6) is 0. The first-order valence-electron chi connectivity index (χ1n) is 5.21. The van der Waals surface area contributed by atoms with Gasteiger partial charge in [-0.15, -0.1) is 0 Å². The molecule has 3 heteroatoms. The molecule has 14 heavy (non-hydrogen) atoms. The van der Waals surface area contributed by atoms with Crippen LogP contribution in [-0.4, -0.2) is 43.9 Å². The SMILES string of the molecule is C=CC1(F)CN(C)CCC12CCOC2. The van der Waals surface area contributed by atoms with Crippen molar-refractivity contribution in [1.29, 1.82) is 0 Å². The predicted molar refractivity (Wildman–Crippen MR) is 54.0 cm³/mol. The third-order valence-corrected chi connectivity index (χ3v) is 3.78. The van der Waals surface area contributed by atoms with Gasteiger partial charge in [0.15, 0.2) is 0 Å². The Hall–Kier alpha value is -0.410. The molecule has 0 amide bonds. The van der Waals surface area contributed by atoms with Crippen LogP contribution in [-0.2, 0) is 4.74 Å². The van der Waals surface area contributed by atoms with E-state index in [0.29, 0.717) is 19.8 Å². The molecule has 0 radical (unpaired) electrons. The van der Waals surface area contributed by atoms with Crippen molar-refractivity contribution < 1.29 is 9.13 Å². The van der Waals surface area contributed by atoms with Gasteiger partial charge in [-0.3, -0.25) is 0 Å². The Labute approximate surface area is 84.7 Å². The summed E-state index contributed by atoms with van der Waals surface area (Å²) in [4.78, 5) is 2.03. The molecule has 0 aliphatic carbocycles. The zero-order chi connectivity index (χ0) is 10.2. The highest BCUT2D eigenvalue weighted by Gasteiger charge is 2.55. The zero-order valence-electron chi connectivity index (χ0n) is 8.76. The number of likely N-dealkylation sites (tertiary alicyclic amines) is 1. The standard InChI is InChI=1S/C11H18FNO/c1-3-11(12)8-13(2)6-4-10(11)5-7-14-9-10/h3H,1,4-9H2,2H3. The van der Waals surface area contributed by atoms with E-state index in [9.17, 15) is 4.39 Å². The maximum absolute atomic E-state index is 14.7. The Morgan fingerprint density at radius 2 is 2.29 bits per heavy atom. The maximum atomic E-state index is 14.7. The van der Waals surface area contributed by atoms with E-state index in [1.807, 2.05) is 11.9 Å². The second kappa shape index (κ2) is 3.31. The highest BCUT2D eigenvalue weighted by Crippen LogP contribution is 2.48. The lowest BCUT2D eigenvalue weighted by molar-refractivity contribution is -0.0434. The maximum Gasteiger partial charge on any atom is 0.149 e. The number of alkyl halides is 1. The van der Waals surface area contributed by atoms with E-state index in [2.05, 4.69) is 6.58 Å². The minimum absolute atomic E-state index is 0.290. The predicted octanol–water partition coefficient (Wildman–Crippen LogP) is 1.62. The summed E-state index contributed by atoms with van der Waals surface area (Å²) in [6.07, 6.45) is 3.20. The lowest BCUT2D eigenvalue weighted by Gasteiger charge is -2.47. The second-order valence-electron chi connectivity index (χ2n) is 4.64. The normalized spacial score (nSPS) is 44.4. The van der Waals surface area contributed by atoms with E-state index in [1.54, 1.807) is 0 Å². The van der Waals surface area contributed by atoms with Gasteiger partial charge in [-0.05, 0) is 26.4 Å². The Balaban J connectivity index is 2.26. The van der Waals surface area contributed by atoms with Gasteiger partial charge in [0.25, 0.3) is 0 Å². The average Bonchev–Trinajstić information content (AvgIpc) is 2.63. The van der Waals surface area contributed by atoms with Crippen LogP contribution in [0.4, 0.5) is 4.39 Å². The van der Waals surface area contributed by atoms with E-state index < -0.39 is 5.67 Å². The summed E-state index contributed by atoms with van der Waals surface area (Å²) < 4.78 is 20.0. The van der Waals surface area contributed by atoms with Crippen LogP contribution in [0.5, 0.6) is 0 Å².